The van der Waals surface area contributed by atoms with Crippen LogP contribution in [-0.4, -0.2) is 56.6 Å². The largest absolute Gasteiger partial charge is 0.382 e. The van der Waals surface area contributed by atoms with Crippen LogP contribution in [0.4, 0.5) is 0 Å². The van der Waals surface area contributed by atoms with Gasteiger partial charge in [-0.1, -0.05) is 6.92 Å². The molecule has 0 saturated heterocycles. The topological polar surface area (TPSA) is 57.2 Å². The van der Waals surface area contributed by atoms with Crippen LogP contribution in [0, 0.1) is 0 Å². The first-order valence-electron chi connectivity index (χ1n) is 6.55. The Hall–Kier alpha value is -0.200. The van der Waals surface area contributed by atoms with E-state index in [9.17, 15) is 5.11 Å². The third-order valence-electron chi connectivity index (χ3n) is 2.37. The molecular weight excluding hydrogens is 236 g/mol. The van der Waals surface area contributed by atoms with Gasteiger partial charge in [0, 0.05) is 7.11 Å². The number of aliphatic hydroxyl groups excluding tert-OH is 1. The van der Waals surface area contributed by atoms with Gasteiger partial charge in [-0.05, 0) is 27.2 Å². The molecule has 5 nitrogen and oxygen atoms in total. The van der Waals surface area contributed by atoms with Gasteiger partial charge in [0.15, 0.2) is 6.29 Å². The molecule has 0 bridgehead atoms. The van der Waals surface area contributed by atoms with Crippen molar-refractivity contribution < 1.29 is 24.1 Å². The zero-order valence-electron chi connectivity index (χ0n) is 12.2. The summed E-state index contributed by atoms with van der Waals surface area (Å²) in [4.78, 5) is 0. The number of aliphatic hydroxyl groups is 1. The fourth-order valence-electron chi connectivity index (χ4n) is 1.33. The zero-order valence-corrected chi connectivity index (χ0v) is 12.2. The molecule has 0 aromatic heterocycles. The third-order valence-corrected chi connectivity index (χ3v) is 2.37. The highest BCUT2D eigenvalue weighted by Crippen LogP contribution is 2.03. The number of ether oxygens (including phenoxy) is 4. The molecule has 0 aliphatic carbocycles. The van der Waals surface area contributed by atoms with Crippen LogP contribution in [0.25, 0.3) is 0 Å². The van der Waals surface area contributed by atoms with Crippen LogP contribution in [0.15, 0.2) is 0 Å². The van der Waals surface area contributed by atoms with Gasteiger partial charge in [0.25, 0.3) is 0 Å². The predicted molar refractivity (Wildman–Crippen MR) is 69.5 cm³/mol. The van der Waals surface area contributed by atoms with Gasteiger partial charge in [-0.3, -0.25) is 0 Å². The normalized spacial score (nSPS) is 18.3. The second-order valence-electron chi connectivity index (χ2n) is 4.55. The molecule has 4 unspecified atom stereocenters. The van der Waals surface area contributed by atoms with Crippen molar-refractivity contribution in [3.05, 3.63) is 0 Å². The van der Waals surface area contributed by atoms with E-state index >= 15 is 0 Å². The maximum atomic E-state index is 9.31. The third kappa shape index (κ3) is 9.79. The molecule has 0 aromatic carbocycles. The maximum absolute atomic E-state index is 9.31. The summed E-state index contributed by atoms with van der Waals surface area (Å²) in [5.74, 6) is 0. The molecule has 4 atom stereocenters. The molecule has 0 spiro atoms. The van der Waals surface area contributed by atoms with Crippen LogP contribution in [0.2, 0.25) is 0 Å². The van der Waals surface area contributed by atoms with Crippen LogP contribution in [0.5, 0.6) is 0 Å². The molecular formula is C13H28O5. The lowest BCUT2D eigenvalue weighted by molar-refractivity contribution is -0.156. The molecule has 0 rings (SSSR count). The van der Waals surface area contributed by atoms with Crippen molar-refractivity contribution in [2.24, 2.45) is 0 Å². The lowest BCUT2D eigenvalue weighted by atomic mass is 10.3. The molecule has 5 heteroatoms. The fourth-order valence-corrected chi connectivity index (χ4v) is 1.33. The van der Waals surface area contributed by atoms with Gasteiger partial charge in [0.1, 0.15) is 0 Å². The summed E-state index contributed by atoms with van der Waals surface area (Å²) in [6, 6.07) is 0. The Labute approximate surface area is 110 Å². The van der Waals surface area contributed by atoms with E-state index in [0.29, 0.717) is 26.2 Å². The van der Waals surface area contributed by atoms with E-state index in [4.69, 9.17) is 18.9 Å². The Morgan fingerprint density at radius 3 is 1.89 bits per heavy atom. The van der Waals surface area contributed by atoms with Crippen LogP contribution in [-0.2, 0) is 18.9 Å². The summed E-state index contributed by atoms with van der Waals surface area (Å²) in [7, 11) is 1.65. The highest BCUT2D eigenvalue weighted by Gasteiger charge is 2.11. The maximum Gasteiger partial charge on any atom is 0.154 e. The molecule has 1 N–H and O–H groups in total. The van der Waals surface area contributed by atoms with Gasteiger partial charge in [0.2, 0.25) is 0 Å². The van der Waals surface area contributed by atoms with Crippen molar-refractivity contribution >= 4 is 0 Å². The molecule has 0 amide bonds. The van der Waals surface area contributed by atoms with Crippen molar-refractivity contribution in [1.29, 1.82) is 0 Å². The van der Waals surface area contributed by atoms with E-state index < -0.39 is 6.29 Å². The monoisotopic (exact) mass is 264 g/mol. The average Bonchev–Trinajstić information content (AvgIpc) is 2.34. The number of hydrogen-bond donors (Lipinski definition) is 1. The highest BCUT2D eigenvalue weighted by atomic mass is 16.6. The molecule has 0 fully saturated rings. The number of hydrogen-bond acceptors (Lipinski definition) is 5. The SMILES string of the molecule is CCC(O)OC(C)COC(C)COC(C)COC. The van der Waals surface area contributed by atoms with Crippen LogP contribution >= 0.6 is 0 Å². The standard InChI is InChI=1S/C13H28O5/c1-6-13(14)18-12(4)9-17-11(3)8-16-10(2)7-15-5/h10-14H,6-9H2,1-5H3. The summed E-state index contributed by atoms with van der Waals surface area (Å²) in [6.07, 6.45) is -0.196. The average molecular weight is 264 g/mol. The Balaban J connectivity index is 3.60. The van der Waals surface area contributed by atoms with Crippen molar-refractivity contribution in [3.63, 3.8) is 0 Å². The van der Waals surface area contributed by atoms with Gasteiger partial charge in [-0.15, -0.1) is 0 Å². The molecule has 0 heterocycles. The Morgan fingerprint density at radius 1 is 0.889 bits per heavy atom. The first-order chi connectivity index (χ1) is 8.49. The van der Waals surface area contributed by atoms with E-state index in [1.54, 1.807) is 7.11 Å². The molecule has 0 aliphatic rings. The second kappa shape index (κ2) is 10.7. The van der Waals surface area contributed by atoms with E-state index in [1.807, 2.05) is 27.7 Å². The Morgan fingerprint density at radius 2 is 1.39 bits per heavy atom. The van der Waals surface area contributed by atoms with Gasteiger partial charge < -0.3 is 24.1 Å². The van der Waals surface area contributed by atoms with Crippen molar-refractivity contribution in [2.45, 2.75) is 58.7 Å². The zero-order chi connectivity index (χ0) is 14.0. The van der Waals surface area contributed by atoms with Gasteiger partial charge >= 0.3 is 0 Å². The molecule has 0 aliphatic heterocycles. The van der Waals surface area contributed by atoms with Crippen molar-refractivity contribution in [3.8, 4) is 0 Å². The van der Waals surface area contributed by atoms with Gasteiger partial charge in [-0.25, -0.2) is 0 Å². The van der Waals surface area contributed by atoms with E-state index in [0.717, 1.165) is 0 Å². The predicted octanol–water partition coefficient (Wildman–Crippen LogP) is 1.58. The minimum atomic E-state index is -0.711. The van der Waals surface area contributed by atoms with Crippen molar-refractivity contribution in [1.82, 2.24) is 0 Å². The summed E-state index contributed by atoms with van der Waals surface area (Å²) in [6.45, 7) is 9.19. The van der Waals surface area contributed by atoms with E-state index in [2.05, 4.69) is 0 Å². The minimum Gasteiger partial charge on any atom is -0.382 e. The Bertz CT molecular complexity index is 188. The highest BCUT2D eigenvalue weighted by molar-refractivity contribution is 4.55. The number of methoxy groups -OCH3 is 1. The molecule has 110 valence electrons. The summed E-state index contributed by atoms with van der Waals surface area (Å²) in [5, 5.41) is 9.31. The lowest BCUT2D eigenvalue weighted by Gasteiger charge is -2.21. The summed E-state index contributed by atoms with van der Waals surface area (Å²) in [5.41, 5.74) is 0. The van der Waals surface area contributed by atoms with E-state index in [-0.39, 0.29) is 18.3 Å². The van der Waals surface area contributed by atoms with Crippen molar-refractivity contribution in [2.75, 3.05) is 26.9 Å². The molecule has 0 radical (unpaired) electrons. The van der Waals surface area contributed by atoms with E-state index in [1.165, 1.54) is 0 Å². The summed E-state index contributed by atoms with van der Waals surface area (Å²) < 4.78 is 21.4. The lowest BCUT2D eigenvalue weighted by Crippen LogP contribution is -2.28. The molecule has 0 saturated carbocycles. The van der Waals surface area contributed by atoms with Crippen LogP contribution in [0.3, 0.4) is 0 Å². The van der Waals surface area contributed by atoms with Gasteiger partial charge in [-0.2, -0.15) is 0 Å². The quantitative estimate of drug-likeness (QED) is 0.574. The smallest absolute Gasteiger partial charge is 0.154 e. The van der Waals surface area contributed by atoms with Crippen LogP contribution < -0.4 is 0 Å². The van der Waals surface area contributed by atoms with Crippen LogP contribution in [0.1, 0.15) is 34.1 Å². The first kappa shape index (κ1) is 17.8. The Kier molecular flexibility index (Phi) is 10.6. The fraction of sp³-hybridized carbons (Fsp3) is 1.00. The second-order valence-corrected chi connectivity index (χ2v) is 4.55. The first-order valence-corrected chi connectivity index (χ1v) is 6.55. The minimum absolute atomic E-state index is 0.00544. The molecule has 0 aromatic rings. The molecule has 18 heavy (non-hydrogen) atoms. The summed E-state index contributed by atoms with van der Waals surface area (Å²) >= 11 is 0. The van der Waals surface area contributed by atoms with Gasteiger partial charge in [0.05, 0.1) is 38.1 Å². The number of rotatable bonds is 11.